The zero-order valence-electron chi connectivity index (χ0n) is 14.6. The molecule has 7 heteroatoms. The first kappa shape index (κ1) is 19.2. The third-order valence-electron chi connectivity index (χ3n) is 3.68. The van der Waals surface area contributed by atoms with Gasteiger partial charge in [-0.25, -0.2) is 13.1 Å². The number of aryl methyl sites for hydroxylation is 2. The van der Waals surface area contributed by atoms with Crippen molar-refractivity contribution in [3.8, 4) is 17.2 Å². The Morgan fingerprint density at radius 1 is 1.16 bits per heavy atom. The van der Waals surface area contributed by atoms with E-state index in [1.165, 1.54) is 0 Å². The van der Waals surface area contributed by atoms with Crippen LogP contribution in [0.2, 0.25) is 0 Å². The van der Waals surface area contributed by atoms with E-state index in [0.717, 1.165) is 28.7 Å². The highest BCUT2D eigenvalue weighted by Crippen LogP contribution is 2.30. The standard InChI is InChI=1S/C18H24N2O4S/c1-12-8-14(10-15(19)11-20-25(3,22)23)9-13(2)18(12)24-17-6-4-16(21)5-7-17/h4-9,15,20-21H,10-11,19H2,1-3H3. The van der Waals surface area contributed by atoms with Crippen molar-refractivity contribution >= 4 is 10.0 Å². The number of aromatic hydroxyl groups is 1. The van der Waals surface area contributed by atoms with E-state index >= 15 is 0 Å². The molecule has 0 fully saturated rings. The Morgan fingerprint density at radius 2 is 1.72 bits per heavy atom. The summed E-state index contributed by atoms with van der Waals surface area (Å²) in [6.07, 6.45) is 1.67. The van der Waals surface area contributed by atoms with Gasteiger partial charge >= 0.3 is 0 Å². The van der Waals surface area contributed by atoms with E-state index in [2.05, 4.69) is 4.72 Å². The summed E-state index contributed by atoms with van der Waals surface area (Å²) < 4.78 is 30.6. The monoisotopic (exact) mass is 364 g/mol. The topological polar surface area (TPSA) is 102 Å². The summed E-state index contributed by atoms with van der Waals surface area (Å²) in [5.41, 5.74) is 8.96. The molecule has 0 aliphatic heterocycles. The Morgan fingerprint density at radius 3 is 2.24 bits per heavy atom. The number of ether oxygens (including phenoxy) is 1. The lowest BCUT2D eigenvalue weighted by atomic mass is 10.0. The smallest absolute Gasteiger partial charge is 0.208 e. The molecular weight excluding hydrogens is 340 g/mol. The Kier molecular flexibility index (Phi) is 6.05. The average molecular weight is 364 g/mol. The van der Waals surface area contributed by atoms with Gasteiger partial charge in [0.15, 0.2) is 0 Å². The van der Waals surface area contributed by atoms with Crippen LogP contribution < -0.4 is 15.2 Å². The molecule has 25 heavy (non-hydrogen) atoms. The van der Waals surface area contributed by atoms with Gasteiger partial charge in [-0.2, -0.15) is 0 Å². The number of phenolic OH excluding ortho intramolecular Hbond substituents is 1. The maximum absolute atomic E-state index is 11.1. The van der Waals surface area contributed by atoms with Gasteiger partial charge in [0.2, 0.25) is 10.0 Å². The lowest BCUT2D eigenvalue weighted by molar-refractivity contribution is 0.461. The quantitative estimate of drug-likeness (QED) is 0.699. The second kappa shape index (κ2) is 7.86. The van der Waals surface area contributed by atoms with Crippen molar-refractivity contribution in [2.75, 3.05) is 12.8 Å². The van der Waals surface area contributed by atoms with Crippen molar-refractivity contribution in [2.24, 2.45) is 5.73 Å². The van der Waals surface area contributed by atoms with E-state index in [-0.39, 0.29) is 18.3 Å². The van der Waals surface area contributed by atoms with Gasteiger partial charge in [-0.1, -0.05) is 12.1 Å². The summed E-state index contributed by atoms with van der Waals surface area (Å²) in [7, 11) is -3.24. The minimum atomic E-state index is -3.24. The van der Waals surface area contributed by atoms with Gasteiger partial charge in [0.25, 0.3) is 0 Å². The van der Waals surface area contributed by atoms with Crippen LogP contribution in [-0.4, -0.2) is 32.4 Å². The molecule has 0 spiro atoms. The average Bonchev–Trinajstić information content (AvgIpc) is 2.50. The summed E-state index contributed by atoms with van der Waals surface area (Å²) in [5, 5.41) is 9.34. The lowest BCUT2D eigenvalue weighted by Gasteiger charge is -2.16. The summed E-state index contributed by atoms with van der Waals surface area (Å²) in [5.74, 6) is 1.59. The molecule has 2 rings (SSSR count). The number of rotatable bonds is 7. The summed E-state index contributed by atoms with van der Waals surface area (Å²) in [6, 6.07) is 10.2. The van der Waals surface area contributed by atoms with Crippen molar-refractivity contribution in [2.45, 2.75) is 26.3 Å². The van der Waals surface area contributed by atoms with E-state index in [0.29, 0.717) is 12.2 Å². The summed E-state index contributed by atoms with van der Waals surface area (Å²) >= 11 is 0. The van der Waals surface area contributed by atoms with Crippen molar-refractivity contribution in [3.63, 3.8) is 0 Å². The number of phenols is 1. The molecule has 136 valence electrons. The number of hydrogen-bond donors (Lipinski definition) is 3. The second-order valence-electron chi connectivity index (χ2n) is 6.24. The number of nitrogens with two attached hydrogens (primary N) is 1. The molecule has 6 nitrogen and oxygen atoms in total. The van der Waals surface area contributed by atoms with Crippen LogP contribution in [-0.2, 0) is 16.4 Å². The molecule has 0 saturated carbocycles. The molecule has 0 aliphatic carbocycles. The van der Waals surface area contributed by atoms with Crippen LogP contribution in [0.25, 0.3) is 0 Å². The molecule has 1 unspecified atom stereocenters. The van der Waals surface area contributed by atoms with Gasteiger partial charge < -0.3 is 15.6 Å². The third kappa shape index (κ3) is 6.04. The van der Waals surface area contributed by atoms with E-state index < -0.39 is 10.0 Å². The molecule has 1 atom stereocenters. The molecule has 0 aromatic heterocycles. The van der Waals surface area contributed by atoms with Crippen molar-refractivity contribution in [3.05, 3.63) is 53.1 Å². The predicted molar refractivity (Wildman–Crippen MR) is 98.6 cm³/mol. The molecule has 0 amide bonds. The molecule has 4 N–H and O–H groups in total. The zero-order chi connectivity index (χ0) is 18.6. The number of nitrogens with one attached hydrogen (secondary N) is 1. The van der Waals surface area contributed by atoms with E-state index in [9.17, 15) is 13.5 Å². The van der Waals surface area contributed by atoms with Crippen molar-refractivity contribution in [1.82, 2.24) is 4.72 Å². The van der Waals surface area contributed by atoms with Crippen molar-refractivity contribution < 1.29 is 18.3 Å². The number of benzene rings is 2. The Hall–Kier alpha value is -2.09. The van der Waals surface area contributed by atoms with Gasteiger partial charge in [0.1, 0.15) is 17.2 Å². The highest BCUT2D eigenvalue weighted by Gasteiger charge is 2.12. The minimum Gasteiger partial charge on any atom is -0.508 e. The molecule has 0 heterocycles. The van der Waals surface area contributed by atoms with Gasteiger partial charge in [-0.05, 0) is 61.2 Å². The molecule has 0 saturated heterocycles. The van der Waals surface area contributed by atoms with Crippen LogP contribution in [0, 0.1) is 13.8 Å². The summed E-state index contributed by atoms with van der Waals surface area (Å²) in [4.78, 5) is 0. The second-order valence-corrected chi connectivity index (χ2v) is 8.07. The highest BCUT2D eigenvalue weighted by atomic mass is 32.2. The fourth-order valence-corrected chi connectivity index (χ4v) is 3.10. The third-order valence-corrected chi connectivity index (χ3v) is 4.37. The predicted octanol–water partition coefficient (Wildman–Crippen LogP) is 2.22. The Bertz CT molecular complexity index is 810. The fourth-order valence-electron chi connectivity index (χ4n) is 2.58. The molecule has 0 bridgehead atoms. The molecule has 2 aromatic rings. The summed E-state index contributed by atoms with van der Waals surface area (Å²) in [6.45, 7) is 4.10. The van der Waals surface area contributed by atoms with Crippen LogP contribution in [0.4, 0.5) is 0 Å². The van der Waals surface area contributed by atoms with Gasteiger partial charge in [0.05, 0.1) is 6.26 Å². The molecule has 2 aromatic carbocycles. The van der Waals surface area contributed by atoms with E-state index in [1.807, 2.05) is 26.0 Å². The highest BCUT2D eigenvalue weighted by molar-refractivity contribution is 7.88. The molecule has 0 radical (unpaired) electrons. The Balaban J connectivity index is 2.09. The van der Waals surface area contributed by atoms with Gasteiger partial charge in [0, 0.05) is 12.6 Å². The van der Waals surface area contributed by atoms with E-state index in [4.69, 9.17) is 10.5 Å². The van der Waals surface area contributed by atoms with Crippen LogP contribution in [0.15, 0.2) is 36.4 Å². The van der Waals surface area contributed by atoms with Gasteiger partial charge in [-0.15, -0.1) is 0 Å². The first-order chi connectivity index (χ1) is 11.6. The molecule has 0 aliphatic rings. The minimum absolute atomic E-state index is 0.188. The largest absolute Gasteiger partial charge is 0.508 e. The number of sulfonamides is 1. The van der Waals surface area contributed by atoms with Gasteiger partial charge in [-0.3, -0.25) is 0 Å². The fraction of sp³-hybridized carbons (Fsp3) is 0.333. The first-order valence-corrected chi connectivity index (χ1v) is 9.80. The zero-order valence-corrected chi connectivity index (χ0v) is 15.4. The van der Waals surface area contributed by atoms with Crippen LogP contribution >= 0.6 is 0 Å². The normalized spacial score (nSPS) is 12.8. The Labute approximate surface area is 148 Å². The SMILES string of the molecule is Cc1cc(CC(N)CNS(C)(=O)=O)cc(C)c1Oc1ccc(O)cc1. The first-order valence-electron chi connectivity index (χ1n) is 7.91. The maximum atomic E-state index is 11.1. The van der Waals surface area contributed by atoms with Crippen LogP contribution in [0.5, 0.6) is 17.2 Å². The maximum Gasteiger partial charge on any atom is 0.208 e. The van der Waals surface area contributed by atoms with Crippen molar-refractivity contribution in [1.29, 1.82) is 0 Å². The number of hydrogen-bond acceptors (Lipinski definition) is 5. The lowest BCUT2D eigenvalue weighted by Crippen LogP contribution is -2.38. The van der Waals surface area contributed by atoms with E-state index in [1.54, 1.807) is 24.3 Å². The van der Waals surface area contributed by atoms with Crippen LogP contribution in [0.3, 0.4) is 0 Å². The molecular formula is C18H24N2O4S. The van der Waals surface area contributed by atoms with Crippen LogP contribution in [0.1, 0.15) is 16.7 Å².